The number of carbonyl (C=O) groups excluding carboxylic acids is 3. The van der Waals surface area contributed by atoms with Crippen molar-refractivity contribution in [2.24, 2.45) is 5.73 Å². The Labute approximate surface area is 178 Å². The molecule has 3 amide bonds. The monoisotopic (exact) mass is 442 g/mol. The predicted molar refractivity (Wildman–Crippen MR) is 110 cm³/mol. The Morgan fingerprint density at radius 2 is 1.53 bits per heavy atom. The number of benzene rings is 1. The van der Waals surface area contributed by atoms with Crippen LogP contribution >= 0.6 is 12.6 Å². The number of nitrogens with one attached hydrogen (secondary N) is 3. The van der Waals surface area contributed by atoms with Crippen LogP contribution in [0.1, 0.15) is 12.5 Å². The van der Waals surface area contributed by atoms with Gasteiger partial charge in [0.2, 0.25) is 17.7 Å². The van der Waals surface area contributed by atoms with Crippen molar-refractivity contribution in [2.45, 2.75) is 37.5 Å². The van der Waals surface area contributed by atoms with E-state index in [-0.39, 0.29) is 17.9 Å². The summed E-state index contributed by atoms with van der Waals surface area (Å²) in [6, 6.07) is 1.10. The summed E-state index contributed by atoms with van der Waals surface area (Å²) in [5.41, 5.74) is 6.22. The largest absolute Gasteiger partial charge is 0.508 e. The van der Waals surface area contributed by atoms with E-state index in [0.717, 1.165) is 0 Å². The van der Waals surface area contributed by atoms with E-state index < -0.39 is 54.5 Å². The number of rotatable bonds is 11. The minimum Gasteiger partial charge on any atom is -0.508 e. The molecule has 4 atom stereocenters. The molecule has 0 aliphatic carbocycles. The summed E-state index contributed by atoms with van der Waals surface area (Å²) in [7, 11) is 0. The van der Waals surface area contributed by atoms with Crippen LogP contribution in [-0.2, 0) is 25.6 Å². The van der Waals surface area contributed by atoms with E-state index in [2.05, 4.69) is 28.6 Å². The van der Waals surface area contributed by atoms with Crippen molar-refractivity contribution in [1.29, 1.82) is 0 Å². The van der Waals surface area contributed by atoms with Crippen molar-refractivity contribution in [3.63, 3.8) is 0 Å². The van der Waals surface area contributed by atoms with Gasteiger partial charge in [-0.2, -0.15) is 12.6 Å². The first-order chi connectivity index (χ1) is 14.1. The quantitative estimate of drug-likeness (QED) is 0.176. The summed E-state index contributed by atoms with van der Waals surface area (Å²) in [4.78, 5) is 47.9. The zero-order valence-electron chi connectivity index (χ0n) is 16.2. The topological polar surface area (TPSA) is 191 Å². The molecule has 0 saturated carbocycles. The second-order valence-corrected chi connectivity index (χ2v) is 6.90. The molecule has 0 aromatic heterocycles. The molecule has 0 spiro atoms. The van der Waals surface area contributed by atoms with Crippen LogP contribution in [0.5, 0.6) is 5.75 Å². The highest BCUT2D eigenvalue weighted by molar-refractivity contribution is 7.80. The number of thiol groups is 1. The summed E-state index contributed by atoms with van der Waals surface area (Å²) >= 11 is 3.94. The lowest BCUT2D eigenvalue weighted by atomic mass is 10.0. The van der Waals surface area contributed by atoms with Gasteiger partial charge in [-0.1, -0.05) is 12.1 Å². The summed E-state index contributed by atoms with van der Waals surface area (Å²) in [6.07, 6.45) is 0.00242. The van der Waals surface area contributed by atoms with Gasteiger partial charge in [0.05, 0.1) is 12.6 Å². The van der Waals surface area contributed by atoms with E-state index in [9.17, 15) is 29.4 Å². The third-order valence-corrected chi connectivity index (χ3v) is 4.48. The molecule has 11 nitrogen and oxygen atoms in total. The van der Waals surface area contributed by atoms with Crippen LogP contribution in [0.15, 0.2) is 24.3 Å². The predicted octanol–water partition coefficient (Wildman–Crippen LogP) is -2.26. The lowest BCUT2D eigenvalue weighted by molar-refractivity contribution is -0.142. The number of aliphatic hydroxyl groups excluding tert-OH is 1. The third kappa shape index (κ3) is 7.89. The Morgan fingerprint density at radius 1 is 1.00 bits per heavy atom. The number of hydrogen-bond donors (Lipinski definition) is 8. The summed E-state index contributed by atoms with van der Waals surface area (Å²) in [5.74, 6) is -3.57. The maximum absolute atomic E-state index is 12.7. The lowest BCUT2D eigenvalue weighted by Gasteiger charge is -2.23. The molecular weight excluding hydrogens is 416 g/mol. The molecule has 0 radical (unpaired) electrons. The zero-order chi connectivity index (χ0) is 22.8. The highest BCUT2D eigenvalue weighted by atomic mass is 32.1. The van der Waals surface area contributed by atoms with Gasteiger partial charge in [0, 0.05) is 12.2 Å². The number of phenolic OH excluding ortho intramolecular Hbond substituents is 1. The molecule has 0 aliphatic heterocycles. The summed E-state index contributed by atoms with van der Waals surface area (Å²) in [6.45, 7) is 0.434. The Bertz CT molecular complexity index is 759. The lowest BCUT2D eigenvalue weighted by Crippen LogP contribution is -2.58. The van der Waals surface area contributed by atoms with Crippen molar-refractivity contribution in [3.05, 3.63) is 29.8 Å². The van der Waals surface area contributed by atoms with Gasteiger partial charge in [0.1, 0.15) is 23.9 Å². The van der Waals surface area contributed by atoms with E-state index in [1.165, 1.54) is 19.1 Å². The molecule has 1 aromatic carbocycles. The van der Waals surface area contributed by atoms with Crippen molar-refractivity contribution in [3.8, 4) is 5.75 Å². The Morgan fingerprint density at radius 3 is 2.03 bits per heavy atom. The van der Waals surface area contributed by atoms with Crippen molar-refractivity contribution < 1.29 is 34.5 Å². The highest BCUT2D eigenvalue weighted by Crippen LogP contribution is 2.12. The Balaban J connectivity index is 2.95. The molecule has 166 valence electrons. The molecule has 12 heteroatoms. The summed E-state index contributed by atoms with van der Waals surface area (Å²) < 4.78 is 0. The Hall–Kier alpha value is -2.83. The molecule has 8 N–H and O–H groups in total. The Kier molecular flexibility index (Phi) is 10.1. The van der Waals surface area contributed by atoms with Crippen LogP contribution in [0.2, 0.25) is 0 Å². The van der Waals surface area contributed by atoms with Gasteiger partial charge in [-0.05, 0) is 24.6 Å². The van der Waals surface area contributed by atoms with Crippen LogP contribution in [0.4, 0.5) is 0 Å². The van der Waals surface area contributed by atoms with Gasteiger partial charge >= 0.3 is 5.97 Å². The normalized spacial score (nSPS) is 14.7. The minimum atomic E-state index is -1.43. The minimum absolute atomic E-state index is 0.00242. The number of aromatic hydroxyl groups is 1. The van der Waals surface area contributed by atoms with Gasteiger partial charge in [-0.15, -0.1) is 0 Å². The number of amides is 3. The van der Waals surface area contributed by atoms with Gasteiger partial charge in [-0.25, -0.2) is 0 Å². The fourth-order valence-corrected chi connectivity index (χ4v) is 2.45. The number of hydrogen-bond acceptors (Lipinski definition) is 8. The molecule has 0 bridgehead atoms. The first-order valence-electron chi connectivity index (χ1n) is 8.98. The van der Waals surface area contributed by atoms with Crippen LogP contribution in [0, 0.1) is 0 Å². The maximum atomic E-state index is 12.7. The molecule has 0 saturated heterocycles. The number of phenols is 1. The highest BCUT2D eigenvalue weighted by Gasteiger charge is 2.29. The average Bonchev–Trinajstić information content (AvgIpc) is 2.71. The van der Waals surface area contributed by atoms with Crippen LogP contribution in [-0.4, -0.2) is 75.5 Å². The maximum Gasteiger partial charge on any atom is 0.325 e. The van der Waals surface area contributed by atoms with E-state index in [1.807, 2.05) is 0 Å². The molecule has 1 aromatic rings. The smallest absolute Gasteiger partial charge is 0.325 e. The molecule has 30 heavy (non-hydrogen) atoms. The van der Waals surface area contributed by atoms with Crippen molar-refractivity contribution >= 4 is 36.3 Å². The number of nitrogens with two attached hydrogens (primary N) is 1. The van der Waals surface area contributed by atoms with E-state index in [0.29, 0.717) is 5.56 Å². The second-order valence-electron chi connectivity index (χ2n) is 6.53. The molecule has 1 rings (SSSR count). The van der Waals surface area contributed by atoms with Crippen LogP contribution in [0.25, 0.3) is 0 Å². The number of carboxylic acid groups (broad SMARTS) is 1. The first-order valence-corrected chi connectivity index (χ1v) is 9.61. The number of aliphatic carboxylic acids is 1. The van der Waals surface area contributed by atoms with Crippen molar-refractivity contribution in [1.82, 2.24) is 16.0 Å². The van der Waals surface area contributed by atoms with Crippen LogP contribution in [0.3, 0.4) is 0 Å². The fraction of sp³-hybridized carbons (Fsp3) is 0.444. The molecule has 0 fully saturated rings. The van der Waals surface area contributed by atoms with Gasteiger partial charge in [-0.3, -0.25) is 19.2 Å². The molecular formula is C18H26N4O7S. The number of carbonyl (C=O) groups is 4. The molecule has 0 heterocycles. The van der Waals surface area contributed by atoms with Crippen molar-refractivity contribution in [2.75, 3.05) is 12.4 Å². The second kappa shape index (κ2) is 12.0. The summed E-state index contributed by atoms with van der Waals surface area (Å²) in [5, 5.41) is 34.6. The van der Waals surface area contributed by atoms with E-state index in [4.69, 9.17) is 10.8 Å². The number of aliphatic hydroxyl groups is 1. The van der Waals surface area contributed by atoms with Gasteiger partial charge in [0.25, 0.3) is 0 Å². The van der Waals surface area contributed by atoms with E-state index in [1.54, 1.807) is 12.1 Å². The standard InChI is InChI=1S/C18H26N4O7S/c1-9(18(28)29)20-17(27)14(7-23)22-16(26)13(21-15(25)12(19)8-30)6-10-2-4-11(24)5-3-10/h2-5,9,12-14,23-24,30H,6-8,19H2,1H3,(H,20,27)(H,21,25)(H,22,26)(H,28,29). The SMILES string of the molecule is CC(NC(=O)C(CO)NC(=O)C(Cc1ccc(O)cc1)NC(=O)C(N)CS)C(=O)O. The fourth-order valence-electron chi connectivity index (χ4n) is 2.28. The van der Waals surface area contributed by atoms with Crippen LogP contribution < -0.4 is 21.7 Å². The average molecular weight is 442 g/mol. The zero-order valence-corrected chi connectivity index (χ0v) is 17.1. The van der Waals surface area contributed by atoms with Gasteiger partial charge < -0.3 is 37.0 Å². The molecule has 4 unspecified atom stereocenters. The third-order valence-electron chi connectivity index (χ3n) is 4.09. The van der Waals surface area contributed by atoms with Gasteiger partial charge in [0.15, 0.2) is 0 Å². The first kappa shape index (κ1) is 25.2. The van der Waals surface area contributed by atoms with E-state index >= 15 is 0 Å². The molecule has 0 aliphatic rings. The number of carboxylic acids is 1.